The van der Waals surface area contributed by atoms with Gasteiger partial charge in [0.25, 0.3) is 0 Å². The van der Waals surface area contributed by atoms with Gasteiger partial charge in [-0.25, -0.2) is 0 Å². The number of nitrogens with zero attached hydrogens (tertiary/aromatic N) is 1. The van der Waals surface area contributed by atoms with Crippen molar-refractivity contribution in [3.05, 3.63) is 0 Å². The summed E-state index contributed by atoms with van der Waals surface area (Å²) in [7, 11) is 0. The van der Waals surface area contributed by atoms with Crippen molar-refractivity contribution in [2.24, 2.45) is 11.8 Å². The number of piperidine rings is 1. The lowest BCUT2D eigenvalue weighted by molar-refractivity contribution is -0.136. The monoisotopic (exact) mass is 198 g/mol. The highest BCUT2D eigenvalue weighted by Crippen LogP contribution is 2.17. The normalized spacial score (nSPS) is 27.4. The van der Waals surface area contributed by atoms with Crippen LogP contribution in [0.5, 0.6) is 0 Å². The molecule has 2 unspecified atom stereocenters. The Kier molecular flexibility index (Phi) is 4.39. The summed E-state index contributed by atoms with van der Waals surface area (Å²) in [5.41, 5.74) is 0. The lowest BCUT2D eigenvalue weighted by Crippen LogP contribution is -2.45. The van der Waals surface area contributed by atoms with Gasteiger partial charge < -0.3 is 10.2 Å². The molecule has 1 N–H and O–H groups in total. The van der Waals surface area contributed by atoms with E-state index in [-0.39, 0.29) is 5.92 Å². The molecule has 3 heteroatoms. The Morgan fingerprint density at radius 2 is 2.00 bits per heavy atom. The molecule has 1 amide bonds. The van der Waals surface area contributed by atoms with E-state index in [1.807, 2.05) is 18.7 Å². The van der Waals surface area contributed by atoms with Crippen molar-refractivity contribution in [3.8, 4) is 0 Å². The summed E-state index contributed by atoms with van der Waals surface area (Å²) in [4.78, 5) is 13.9. The first-order chi connectivity index (χ1) is 6.69. The van der Waals surface area contributed by atoms with Gasteiger partial charge in [-0.05, 0) is 32.7 Å². The summed E-state index contributed by atoms with van der Waals surface area (Å²) in [6, 6.07) is 0. The van der Waals surface area contributed by atoms with Gasteiger partial charge in [0.2, 0.25) is 5.91 Å². The first-order valence-corrected chi connectivity index (χ1v) is 5.68. The highest BCUT2D eigenvalue weighted by Gasteiger charge is 2.27. The summed E-state index contributed by atoms with van der Waals surface area (Å²) in [5, 5.41) is 3.32. The summed E-state index contributed by atoms with van der Waals surface area (Å²) in [6.45, 7) is 9.87. The van der Waals surface area contributed by atoms with E-state index in [0.717, 1.165) is 32.6 Å². The zero-order valence-electron chi connectivity index (χ0n) is 9.55. The van der Waals surface area contributed by atoms with Gasteiger partial charge in [0.1, 0.15) is 0 Å². The first-order valence-electron chi connectivity index (χ1n) is 5.68. The van der Waals surface area contributed by atoms with Crippen LogP contribution >= 0.6 is 0 Å². The summed E-state index contributed by atoms with van der Waals surface area (Å²) < 4.78 is 0. The second-order valence-electron chi connectivity index (χ2n) is 4.21. The Hall–Kier alpha value is -0.570. The third kappa shape index (κ3) is 2.71. The molecule has 1 fully saturated rings. The molecule has 0 bridgehead atoms. The van der Waals surface area contributed by atoms with Crippen LogP contribution in [0.1, 0.15) is 27.2 Å². The molecule has 0 saturated carbocycles. The highest BCUT2D eigenvalue weighted by atomic mass is 16.2. The van der Waals surface area contributed by atoms with E-state index in [4.69, 9.17) is 0 Å². The second kappa shape index (κ2) is 5.35. The Balaban J connectivity index is 2.50. The fraction of sp³-hybridized carbons (Fsp3) is 0.909. The molecule has 0 aromatic rings. The molecule has 2 atom stereocenters. The predicted octanol–water partition coefficient (Wildman–Crippen LogP) is 1.10. The fourth-order valence-corrected chi connectivity index (χ4v) is 2.14. The smallest absolute Gasteiger partial charge is 0.226 e. The minimum Gasteiger partial charge on any atom is -0.343 e. The number of hydrogen-bond acceptors (Lipinski definition) is 2. The number of rotatable bonds is 3. The molecule has 1 aliphatic heterocycles. The van der Waals surface area contributed by atoms with E-state index in [0.29, 0.717) is 11.8 Å². The number of amides is 1. The number of nitrogens with one attached hydrogen (secondary N) is 1. The Morgan fingerprint density at radius 3 is 2.50 bits per heavy atom. The van der Waals surface area contributed by atoms with Crippen LogP contribution in [0.3, 0.4) is 0 Å². The zero-order valence-corrected chi connectivity index (χ0v) is 9.55. The molecular formula is C11H22N2O. The molecular weight excluding hydrogens is 176 g/mol. The molecule has 0 radical (unpaired) electrons. The van der Waals surface area contributed by atoms with Crippen molar-refractivity contribution in [2.45, 2.75) is 27.2 Å². The van der Waals surface area contributed by atoms with Crippen LogP contribution in [0.2, 0.25) is 0 Å². The van der Waals surface area contributed by atoms with Crippen LogP contribution in [0.25, 0.3) is 0 Å². The number of carbonyl (C=O) groups is 1. The fourth-order valence-electron chi connectivity index (χ4n) is 2.14. The zero-order chi connectivity index (χ0) is 10.6. The standard InChI is InChI=1S/C11H22N2O/c1-4-13(5-2)11(14)10-6-9(3)7-12-8-10/h9-10,12H,4-8H2,1-3H3. The molecule has 1 saturated heterocycles. The molecule has 1 heterocycles. The molecule has 0 aromatic carbocycles. The second-order valence-corrected chi connectivity index (χ2v) is 4.21. The lowest BCUT2D eigenvalue weighted by Gasteiger charge is -2.31. The number of carbonyl (C=O) groups excluding carboxylic acids is 1. The number of hydrogen-bond donors (Lipinski definition) is 1. The van der Waals surface area contributed by atoms with Crippen molar-refractivity contribution < 1.29 is 4.79 Å². The van der Waals surface area contributed by atoms with Gasteiger partial charge in [0.05, 0.1) is 5.92 Å². The van der Waals surface area contributed by atoms with Crippen molar-refractivity contribution >= 4 is 5.91 Å². The van der Waals surface area contributed by atoms with Crippen molar-refractivity contribution in [3.63, 3.8) is 0 Å². The van der Waals surface area contributed by atoms with Gasteiger partial charge in [-0.2, -0.15) is 0 Å². The average molecular weight is 198 g/mol. The van der Waals surface area contributed by atoms with Gasteiger partial charge in [-0.15, -0.1) is 0 Å². The van der Waals surface area contributed by atoms with Gasteiger partial charge in [-0.3, -0.25) is 4.79 Å². The molecule has 0 aliphatic carbocycles. The van der Waals surface area contributed by atoms with E-state index < -0.39 is 0 Å². The predicted molar refractivity (Wildman–Crippen MR) is 58.1 cm³/mol. The molecule has 1 aliphatic rings. The van der Waals surface area contributed by atoms with Crippen LogP contribution in [0.4, 0.5) is 0 Å². The molecule has 0 aromatic heterocycles. The van der Waals surface area contributed by atoms with Crippen LogP contribution in [0.15, 0.2) is 0 Å². The summed E-state index contributed by atoms with van der Waals surface area (Å²) in [6.07, 6.45) is 1.04. The maximum absolute atomic E-state index is 12.0. The molecule has 1 rings (SSSR count). The van der Waals surface area contributed by atoms with Crippen LogP contribution in [-0.4, -0.2) is 37.0 Å². The van der Waals surface area contributed by atoms with Gasteiger partial charge in [0.15, 0.2) is 0 Å². The average Bonchev–Trinajstić information content (AvgIpc) is 2.19. The molecule has 82 valence electrons. The third-order valence-corrected chi connectivity index (χ3v) is 2.99. The maximum atomic E-state index is 12.0. The van der Waals surface area contributed by atoms with Crippen molar-refractivity contribution in [1.29, 1.82) is 0 Å². The lowest BCUT2D eigenvalue weighted by atomic mass is 9.91. The first kappa shape index (κ1) is 11.5. The van der Waals surface area contributed by atoms with E-state index in [1.165, 1.54) is 0 Å². The van der Waals surface area contributed by atoms with Crippen molar-refractivity contribution in [1.82, 2.24) is 10.2 Å². The third-order valence-electron chi connectivity index (χ3n) is 2.99. The molecule has 14 heavy (non-hydrogen) atoms. The van der Waals surface area contributed by atoms with Crippen LogP contribution in [0, 0.1) is 11.8 Å². The van der Waals surface area contributed by atoms with Crippen LogP contribution < -0.4 is 5.32 Å². The Morgan fingerprint density at radius 1 is 1.36 bits per heavy atom. The maximum Gasteiger partial charge on any atom is 0.226 e. The van der Waals surface area contributed by atoms with Gasteiger partial charge in [-0.1, -0.05) is 6.92 Å². The van der Waals surface area contributed by atoms with E-state index >= 15 is 0 Å². The summed E-state index contributed by atoms with van der Waals surface area (Å²) >= 11 is 0. The van der Waals surface area contributed by atoms with Crippen molar-refractivity contribution in [2.75, 3.05) is 26.2 Å². The summed E-state index contributed by atoms with van der Waals surface area (Å²) in [5.74, 6) is 1.17. The quantitative estimate of drug-likeness (QED) is 0.736. The largest absolute Gasteiger partial charge is 0.343 e. The SMILES string of the molecule is CCN(CC)C(=O)C1CNCC(C)C1. The highest BCUT2D eigenvalue weighted by molar-refractivity contribution is 5.79. The minimum absolute atomic E-state index is 0.207. The van der Waals surface area contributed by atoms with Gasteiger partial charge >= 0.3 is 0 Å². The molecule has 0 spiro atoms. The van der Waals surface area contributed by atoms with E-state index in [1.54, 1.807) is 0 Å². The van der Waals surface area contributed by atoms with Gasteiger partial charge in [0, 0.05) is 19.6 Å². The van der Waals surface area contributed by atoms with E-state index in [2.05, 4.69) is 12.2 Å². The topological polar surface area (TPSA) is 32.3 Å². The van der Waals surface area contributed by atoms with Crippen LogP contribution in [-0.2, 0) is 4.79 Å². The molecule has 3 nitrogen and oxygen atoms in total. The minimum atomic E-state index is 0.207. The Bertz CT molecular complexity index is 190. The van der Waals surface area contributed by atoms with E-state index in [9.17, 15) is 4.79 Å². The Labute approximate surface area is 86.9 Å².